The lowest BCUT2D eigenvalue weighted by molar-refractivity contribution is 0.174. The normalized spacial score (nSPS) is 18.1. The molecule has 80 valence electrons. The summed E-state index contributed by atoms with van der Waals surface area (Å²) in [4.78, 5) is 0. The van der Waals surface area contributed by atoms with Crippen LogP contribution in [0.3, 0.4) is 0 Å². The fourth-order valence-corrected chi connectivity index (χ4v) is 1.80. The number of rotatable bonds is 4. The minimum Gasteiger partial charge on any atom is -0.454 e. The zero-order valence-electron chi connectivity index (χ0n) is 8.66. The summed E-state index contributed by atoms with van der Waals surface area (Å²) in [5.74, 6) is 1.76. The van der Waals surface area contributed by atoms with Crippen LogP contribution in [-0.2, 0) is 6.42 Å². The van der Waals surface area contributed by atoms with Crippen LogP contribution in [0.1, 0.15) is 18.4 Å². The van der Waals surface area contributed by atoms with Crippen LogP contribution < -0.4 is 14.8 Å². The molecule has 1 fully saturated rings. The summed E-state index contributed by atoms with van der Waals surface area (Å²) in [6, 6.07) is 6.98. The predicted octanol–water partition coefficient (Wildman–Crippen LogP) is 1.71. The topological polar surface area (TPSA) is 30.5 Å². The van der Waals surface area contributed by atoms with Gasteiger partial charge in [0, 0.05) is 6.04 Å². The number of nitrogens with one attached hydrogen (secondary N) is 1. The molecule has 1 N–H and O–H groups in total. The Kier molecular flexibility index (Phi) is 2.25. The Morgan fingerprint density at radius 3 is 2.93 bits per heavy atom. The highest BCUT2D eigenvalue weighted by Gasteiger charge is 2.19. The van der Waals surface area contributed by atoms with Gasteiger partial charge < -0.3 is 14.8 Å². The number of ether oxygens (including phenoxy) is 2. The van der Waals surface area contributed by atoms with E-state index in [1.165, 1.54) is 18.4 Å². The van der Waals surface area contributed by atoms with Gasteiger partial charge in [0.05, 0.1) is 0 Å². The summed E-state index contributed by atoms with van der Waals surface area (Å²) in [7, 11) is 0. The quantitative estimate of drug-likeness (QED) is 0.811. The van der Waals surface area contributed by atoms with Gasteiger partial charge in [-0.3, -0.25) is 0 Å². The van der Waals surface area contributed by atoms with E-state index in [9.17, 15) is 0 Å². The van der Waals surface area contributed by atoms with Crippen molar-refractivity contribution in [2.45, 2.75) is 25.3 Å². The standard InChI is InChI=1S/C12H15NO2/c1-4-11-12(15-8-14-11)7-9(1)5-6-13-10-2-3-10/h1,4,7,10,13H,2-3,5-6,8H2. The third-order valence-electron chi connectivity index (χ3n) is 2.86. The molecule has 3 nitrogen and oxygen atoms in total. The molecule has 0 amide bonds. The SMILES string of the molecule is c1cc2c(cc1CCNC1CC1)OCO2. The molecule has 3 heteroatoms. The molecule has 0 saturated heterocycles. The van der Waals surface area contributed by atoms with E-state index in [0.29, 0.717) is 6.79 Å². The Balaban J connectivity index is 1.59. The zero-order chi connectivity index (χ0) is 10.1. The minimum absolute atomic E-state index is 0.360. The Hall–Kier alpha value is -1.22. The fraction of sp³-hybridized carbons (Fsp3) is 0.500. The smallest absolute Gasteiger partial charge is 0.231 e. The van der Waals surface area contributed by atoms with E-state index in [1.54, 1.807) is 0 Å². The van der Waals surface area contributed by atoms with Crippen LogP contribution >= 0.6 is 0 Å². The van der Waals surface area contributed by atoms with E-state index in [-0.39, 0.29) is 0 Å². The van der Waals surface area contributed by atoms with E-state index >= 15 is 0 Å². The minimum atomic E-state index is 0.360. The second kappa shape index (κ2) is 3.74. The van der Waals surface area contributed by atoms with Gasteiger partial charge in [-0.2, -0.15) is 0 Å². The highest BCUT2D eigenvalue weighted by atomic mass is 16.7. The van der Waals surface area contributed by atoms with Crippen molar-refractivity contribution < 1.29 is 9.47 Å². The van der Waals surface area contributed by atoms with E-state index in [2.05, 4.69) is 17.4 Å². The molecule has 1 heterocycles. The monoisotopic (exact) mass is 205 g/mol. The van der Waals surface area contributed by atoms with Crippen molar-refractivity contribution in [2.24, 2.45) is 0 Å². The lowest BCUT2D eigenvalue weighted by atomic mass is 10.1. The van der Waals surface area contributed by atoms with Crippen molar-refractivity contribution in [3.63, 3.8) is 0 Å². The molecule has 0 aromatic heterocycles. The molecule has 1 saturated carbocycles. The largest absolute Gasteiger partial charge is 0.454 e. The van der Waals surface area contributed by atoms with Crippen LogP contribution in [0.15, 0.2) is 18.2 Å². The van der Waals surface area contributed by atoms with E-state index < -0.39 is 0 Å². The molecule has 0 bridgehead atoms. The second-order valence-electron chi connectivity index (χ2n) is 4.17. The average molecular weight is 205 g/mol. The van der Waals surface area contributed by atoms with Gasteiger partial charge >= 0.3 is 0 Å². The van der Waals surface area contributed by atoms with Crippen LogP contribution in [0.2, 0.25) is 0 Å². The summed E-state index contributed by atoms with van der Waals surface area (Å²) in [6.45, 7) is 1.42. The summed E-state index contributed by atoms with van der Waals surface area (Å²) in [5, 5.41) is 3.50. The molecule has 3 rings (SSSR count). The maximum atomic E-state index is 5.34. The van der Waals surface area contributed by atoms with Crippen LogP contribution in [0.25, 0.3) is 0 Å². The van der Waals surface area contributed by atoms with Crippen LogP contribution in [0.5, 0.6) is 11.5 Å². The Morgan fingerprint density at radius 2 is 2.07 bits per heavy atom. The van der Waals surface area contributed by atoms with Crippen molar-refractivity contribution in [3.05, 3.63) is 23.8 Å². The third-order valence-corrected chi connectivity index (χ3v) is 2.86. The molecule has 1 aromatic carbocycles. The first-order valence-electron chi connectivity index (χ1n) is 5.54. The highest BCUT2D eigenvalue weighted by Crippen LogP contribution is 2.32. The summed E-state index contributed by atoms with van der Waals surface area (Å²) < 4.78 is 10.6. The molecule has 0 atom stereocenters. The van der Waals surface area contributed by atoms with Gasteiger partial charge in [-0.1, -0.05) is 6.07 Å². The van der Waals surface area contributed by atoms with Crippen molar-refractivity contribution >= 4 is 0 Å². The van der Waals surface area contributed by atoms with Gasteiger partial charge in [0.1, 0.15) is 0 Å². The van der Waals surface area contributed by atoms with Crippen LogP contribution in [0, 0.1) is 0 Å². The Labute approximate surface area is 89.4 Å². The van der Waals surface area contributed by atoms with Gasteiger partial charge in [-0.15, -0.1) is 0 Å². The van der Waals surface area contributed by atoms with Gasteiger partial charge in [0.15, 0.2) is 11.5 Å². The van der Waals surface area contributed by atoms with Crippen molar-refractivity contribution in [1.82, 2.24) is 5.32 Å². The molecule has 15 heavy (non-hydrogen) atoms. The van der Waals surface area contributed by atoms with Crippen molar-refractivity contribution in [1.29, 1.82) is 0 Å². The third kappa shape index (κ3) is 2.07. The van der Waals surface area contributed by atoms with E-state index in [1.807, 2.05) is 6.07 Å². The Morgan fingerprint density at radius 1 is 1.20 bits per heavy atom. The van der Waals surface area contributed by atoms with Gasteiger partial charge in [0.2, 0.25) is 6.79 Å². The molecular weight excluding hydrogens is 190 g/mol. The summed E-state index contributed by atoms with van der Waals surface area (Å²) in [6.07, 6.45) is 3.76. The first kappa shape index (κ1) is 9.04. The van der Waals surface area contributed by atoms with Gasteiger partial charge in [0.25, 0.3) is 0 Å². The number of hydrogen-bond donors (Lipinski definition) is 1. The average Bonchev–Trinajstić information content (AvgIpc) is 2.95. The second-order valence-corrected chi connectivity index (χ2v) is 4.17. The first-order valence-corrected chi connectivity index (χ1v) is 5.54. The molecule has 0 unspecified atom stereocenters. The maximum absolute atomic E-state index is 5.34. The van der Waals surface area contributed by atoms with Crippen molar-refractivity contribution in [2.75, 3.05) is 13.3 Å². The predicted molar refractivity (Wildman–Crippen MR) is 57.3 cm³/mol. The summed E-state index contributed by atoms with van der Waals surface area (Å²) >= 11 is 0. The highest BCUT2D eigenvalue weighted by molar-refractivity contribution is 5.44. The first-order chi connectivity index (χ1) is 7.42. The molecule has 1 aromatic rings. The van der Waals surface area contributed by atoms with E-state index in [0.717, 1.165) is 30.5 Å². The zero-order valence-corrected chi connectivity index (χ0v) is 8.66. The number of benzene rings is 1. The van der Waals surface area contributed by atoms with Crippen LogP contribution in [0.4, 0.5) is 0 Å². The lowest BCUT2D eigenvalue weighted by Crippen LogP contribution is -2.19. The fourth-order valence-electron chi connectivity index (χ4n) is 1.80. The van der Waals surface area contributed by atoms with Gasteiger partial charge in [-0.25, -0.2) is 0 Å². The van der Waals surface area contributed by atoms with Crippen molar-refractivity contribution in [3.8, 4) is 11.5 Å². The van der Waals surface area contributed by atoms with E-state index in [4.69, 9.17) is 9.47 Å². The molecule has 0 radical (unpaired) electrons. The molecule has 0 spiro atoms. The number of fused-ring (bicyclic) bond motifs is 1. The maximum Gasteiger partial charge on any atom is 0.231 e. The molecule has 2 aliphatic rings. The molecule has 1 aliphatic heterocycles. The van der Waals surface area contributed by atoms with Gasteiger partial charge in [-0.05, 0) is 43.5 Å². The number of hydrogen-bond acceptors (Lipinski definition) is 3. The molecule has 1 aliphatic carbocycles. The van der Waals surface area contributed by atoms with Crippen LogP contribution in [-0.4, -0.2) is 19.4 Å². The summed E-state index contributed by atoms with van der Waals surface area (Å²) in [5.41, 5.74) is 1.31. The lowest BCUT2D eigenvalue weighted by Gasteiger charge is -2.04. The molecular formula is C12H15NO2. The Bertz CT molecular complexity index is 361.